The van der Waals surface area contributed by atoms with Gasteiger partial charge in [-0.3, -0.25) is 0 Å². The number of nitrogens with zero attached hydrogens (tertiary/aromatic N) is 1. The van der Waals surface area contributed by atoms with Crippen LogP contribution < -0.4 is 0 Å². The minimum atomic E-state index is -1.22. The average Bonchev–Trinajstić information content (AvgIpc) is 2.35. The number of hydrogen-bond acceptors (Lipinski definition) is 2. The summed E-state index contributed by atoms with van der Waals surface area (Å²) in [7, 11) is 0. The Balaban J connectivity index is 2.63. The molecule has 1 aromatic rings. The largest absolute Gasteiger partial charge is 0.477 e. The van der Waals surface area contributed by atoms with Crippen molar-refractivity contribution >= 4 is 12.0 Å². The van der Waals surface area contributed by atoms with Gasteiger partial charge in [0.2, 0.25) is 0 Å². The molecule has 0 aliphatic rings. The third-order valence-electron chi connectivity index (χ3n) is 2.20. The Morgan fingerprint density at radius 1 is 1.22 bits per heavy atom. The Morgan fingerprint density at radius 3 is 2.44 bits per heavy atom. The van der Waals surface area contributed by atoms with Crippen molar-refractivity contribution in [3.63, 3.8) is 0 Å². The highest BCUT2D eigenvalue weighted by molar-refractivity contribution is 5.91. The second kappa shape index (κ2) is 6.87. The molecule has 0 aliphatic carbocycles. The first-order valence-electron chi connectivity index (χ1n) is 5.38. The molecule has 0 amide bonds. The molecule has 90 valence electrons. The van der Waals surface area contributed by atoms with Crippen LogP contribution in [0.5, 0.6) is 0 Å². The zero-order chi connectivity index (χ0) is 13.4. The van der Waals surface area contributed by atoms with E-state index in [2.05, 4.69) is 0 Å². The molecule has 0 saturated carbocycles. The predicted molar refractivity (Wildman–Crippen MR) is 70.7 cm³/mol. The van der Waals surface area contributed by atoms with Gasteiger partial charge in [-0.2, -0.15) is 5.26 Å². The number of rotatable bonds is 4. The van der Waals surface area contributed by atoms with E-state index in [1.165, 1.54) is 17.7 Å². The summed E-state index contributed by atoms with van der Waals surface area (Å²) in [6.07, 6.45) is 8.16. The lowest BCUT2D eigenvalue weighted by atomic mass is 10.1. The SMILES string of the molecule is Cc1ccc(/C=C/C=C/C=C(\C#N)C(=O)O)cc1. The molecule has 0 unspecified atom stereocenters. The summed E-state index contributed by atoms with van der Waals surface area (Å²) < 4.78 is 0. The van der Waals surface area contributed by atoms with E-state index in [1.807, 2.05) is 37.3 Å². The Morgan fingerprint density at radius 2 is 1.89 bits per heavy atom. The quantitative estimate of drug-likeness (QED) is 0.499. The van der Waals surface area contributed by atoms with Gasteiger partial charge in [0.15, 0.2) is 0 Å². The fourth-order valence-electron chi connectivity index (χ4n) is 1.22. The maximum absolute atomic E-state index is 10.5. The lowest BCUT2D eigenvalue weighted by molar-refractivity contribution is -0.132. The van der Waals surface area contributed by atoms with E-state index in [0.717, 1.165) is 5.56 Å². The van der Waals surface area contributed by atoms with Gasteiger partial charge in [-0.25, -0.2) is 4.79 Å². The van der Waals surface area contributed by atoms with Crippen molar-refractivity contribution in [2.24, 2.45) is 0 Å². The van der Waals surface area contributed by atoms with Crippen molar-refractivity contribution in [2.45, 2.75) is 6.92 Å². The molecular weight excluding hydrogens is 226 g/mol. The number of aryl methyl sites for hydroxylation is 1. The zero-order valence-electron chi connectivity index (χ0n) is 10.00. The molecule has 0 bridgehead atoms. The van der Waals surface area contributed by atoms with Gasteiger partial charge in [-0.15, -0.1) is 0 Å². The van der Waals surface area contributed by atoms with Gasteiger partial charge in [-0.05, 0) is 18.6 Å². The van der Waals surface area contributed by atoms with Crippen LogP contribution in [-0.4, -0.2) is 11.1 Å². The Bertz CT molecular complexity index is 543. The molecule has 1 rings (SSSR count). The van der Waals surface area contributed by atoms with Gasteiger partial charge in [0.05, 0.1) is 0 Å². The average molecular weight is 239 g/mol. The van der Waals surface area contributed by atoms with Crippen molar-refractivity contribution in [1.82, 2.24) is 0 Å². The lowest BCUT2D eigenvalue weighted by Gasteiger charge is -1.92. The minimum Gasteiger partial charge on any atom is -0.477 e. The molecule has 0 heterocycles. The van der Waals surface area contributed by atoms with Gasteiger partial charge in [-0.1, -0.05) is 54.1 Å². The number of nitriles is 1. The normalized spacial score (nSPS) is 11.9. The number of benzene rings is 1. The summed E-state index contributed by atoms with van der Waals surface area (Å²) in [5.41, 5.74) is 1.98. The summed E-state index contributed by atoms with van der Waals surface area (Å²) in [4.78, 5) is 10.5. The van der Waals surface area contributed by atoms with Gasteiger partial charge in [0.25, 0.3) is 0 Å². The molecule has 0 saturated heterocycles. The molecule has 0 atom stereocenters. The van der Waals surface area contributed by atoms with Crippen LogP contribution in [0.3, 0.4) is 0 Å². The van der Waals surface area contributed by atoms with E-state index in [-0.39, 0.29) is 5.57 Å². The third-order valence-corrected chi connectivity index (χ3v) is 2.20. The van der Waals surface area contributed by atoms with Crippen LogP contribution in [-0.2, 0) is 4.79 Å². The zero-order valence-corrected chi connectivity index (χ0v) is 10.00. The topological polar surface area (TPSA) is 61.1 Å². The highest BCUT2D eigenvalue weighted by Crippen LogP contribution is 2.05. The van der Waals surface area contributed by atoms with Gasteiger partial charge in [0, 0.05) is 0 Å². The molecule has 1 N–H and O–H groups in total. The van der Waals surface area contributed by atoms with E-state index in [9.17, 15) is 4.79 Å². The molecule has 0 aliphatic heterocycles. The van der Waals surface area contributed by atoms with Crippen LogP contribution in [0.4, 0.5) is 0 Å². The standard InChI is InChI=1S/C15H13NO2/c1-12-7-9-13(10-8-12)5-3-2-4-6-14(11-16)15(17)18/h2-10H,1H3,(H,17,18)/b4-2+,5-3+,14-6+. The number of carboxylic acids is 1. The summed E-state index contributed by atoms with van der Waals surface area (Å²) in [5.74, 6) is -1.22. The Hall–Kier alpha value is -2.60. The molecule has 18 heavy (non-hydrogen) atoms. The van der Waals surface area contributed by atoms with Crippen LogP contribution in [0.15, 0.2) is 54.1 Å². The number of allylic oxidation sites excluding steroid dienone is 4. The van der Waals surface area contributed by atoms with Gasteiger partial charge < -0.3 is 5.11 Å². The van der Waals surface area contributed by atoms with Crippen molar-refractivity contribution in [2.75, 3.05) is 0 Å². The number of aliphatic carboxylic acids is 1. The lowest BCUT2D eigenvalue weighted by Crippen LogP contribution is -1.96. The highest BCUT2D eigenvalue weighted by atomic mass is 16.4. The van der Waals surface area contributed by atoms with Gasteiger partial charge in [0.1, 0.15) is 11.6 Å². The predicted octanol–water partition coefficient (Wildman–Crippen LogP) is 3.10. The van der Waals surface area contributed by atoms with Crippen molar-refractivity contribution < 1.29 is 9.90 Å². The van der Waals surface area contributed by atoms with Crippen LogP contribution in [0.1, 0.15) is 11.1 Å². The fraction of sp³-hybridized carbons (Fsp3) is 0.0667. The van der Waals surface area contributed by atoms with E-state index >= 15 is 0 Å². The minimum absolute atomic E-state index is 0.282. The molecule has 3 heteroatoms. The maximum Gasteiger partial charge on any atom is 0.346 e. The summed E-state index contributed by atoms with van der Waals surface area (Å²) in [5, 5.41) is 17.1. The monoisotopic (exact) mass is 239 g/mol. The van der Waals surface area contributed by atoms with E-state index in [4.69, 9.17) is 10.4 Å². The van der Waals surface area contributed by atoms with Crippen LogP contribution in [0, 0.1) is 18.3 Å². The maximum atomic E-state index is 10.5. The summed E-state index contributed by atoms with van der Waals surface area (Å²) in [6.45, 7) is 2.02. The fourth-order valence-corrected chi connectivity index (χ4v) is 1.22. The van der Waals surface area contributed by atoms with Crippen LogP contribution in [0.25, 0.3) is 6.08 Å². The Kier molecular flexibility index (Phi) is 5.14. The van der Waals surface area contributed by atoms with Crippen molar-refractivity contribution in [3.05, 3.63) is 65.3 Å². The Labute approximate surface area is 106 Å². The first kappa shape index (κ1) is 13.5. The third kappa shape index (κ3) is 4.50. The second-order valence-corrected chi connectivity index (χ2v) is 3.65. The first-order chi connectivity index (χ1) is 8.63. The smallest absolute Gasteiger partial charge is 0.346 e. The van der Waals surface area contributed by atoms with E-state index in [0.29, 0.717) is 0 Å². The molecule has 0 fully saturated rings. The molecule has 0 spiro atoms. The second-order valence-electron chi connectivity index (χ2n) is 3.65. The van der Waals surface area contributed by atoms with Crippen LogP contribution in [0.2, 0.25) is 0 Å². The molecule has 3 nitrogen and oxygen atoms in total. The highest BCUT2D eigenvalue weighted by Gasteiger charge is 2.01. The van der Waals surface area contributed by atoms with Crippen molar-refractivity contribution in [3.8, 4) is 6.07 Å². The van der Waals surface area contributed by atoms with Crippen LogP contribution >= 0.6 is 0 Å². The first-order valence-corrected chi connectivity index (χ1v) is 5.38. The number of hydrogen-bond donors (Lipinski definition) is 1. The molecule has 1 aromatic carbocycles. The molecule has 0 radical (unpaired) electrons. The number of carbonyl (C=O) groups is 1. The van der Waals surface area contributed by atoms with Crippen molar-refractivity contribution in [1.29, 1.82) is 5.26 Å². The van der Waals surface area contributed by atoms with Gasteiger partial charge >= 0.3 is 5.97 Å². The summed E-state index contributed by atoms with van der Waals surface area (Å²) >= 11 is 0. The van der Waals surface area contributed by atoms with E-state index in [1.54, 1.807) is 18.2 Å². The molecule has 0 aromatic heterocycles. The summed E-state index contributed by atoms with van der Waals surface area (Å²) in [6, 6.07) is 9.62. The molecular formula is C15H13NO2. The number of carboxylic acid groups (broad SMARTS) is 1. The van der Waals surface area contributed by atoms with E-state index < -0.39 is 5.97 Å².